The van der Waals surface area contributed by atoms with Gasteiger partial charge in [0.1, 0.15) is 5.10 Å². The predicted molar refractivity (Wildman–Crippen MR) is 25.7 cm³/mol. The van der Waals surface area contributed by atoms with Crippen LogP contribution in [0.2, 0.25) is 0 Å². The van der Waals surface area contributed by atoms with E-state index < -0.39 is 0 Å². The zero-order valence-electron chi connectivity index (χ0n) is 3.79. The minimum absolute atomic E-state index is 0.753. The first kappa shape index (κ1) is 4.58. The molecule has 0 spiro atoms. The van der Waals surface area contributed by atoms with E-state index >= 15 is 0 Å². The Balaban J connectivity index is 3.12. The second kappa shape index (κ2) is 1.49. The van der Waals surface area contributed by atoms with E-state index in [-0.39, 0.29) is 0 Å². The van der Waals surface area contributed by atoms with E-state index in [2.05, 4.69) is 28.3 Å². The van der Waals surface area contributed by atoms with E-state index in [0.717, 1.165) is 5.82 Å². The van der Waals surface area contributed by atoms with Crippen molar-refractivity contribution in [1.82, 2.24) is 15.5 Å². The minimum Gasteiger partial charge on any atom is -0.100 e. The van der Waals surface area contributed by atoms with Gasteiger partial charge in [0, 0.05) is 19.7 Å². The number of hydrogen-bond acceptors (Lipinski definition) is 3. The fraction of sp³-hybridized carbons (Fsp3) is 0.500. The quantitative estimate of drug-likeness (QED) is 0.341. The lowest BCUT2D eigenvalue weighted by molar-refractivity contribution is -0.568. The van der Waals surface area contributed by atoms with Crippen LogP contribution >= 0.6 is 12.8 Å². The number of tetrazole rings is 1. The molecule has 1 aromatic rings. The van der Waals surface area contributed by atoms with Gasteiger partial charge >= 0.3 is 5.82 Å². The first-order chi connectivity index (χ1) is 3.30. The first-order valence-corrected chi connectivity index (χ1v) is 2.19. The Bertz CT molecular complexity index is 142. The zero-order chi connectivity index (χ0) is 5.28. The highest BCUT2D eigenvalue weighted by Gasteiger charge is 2.00. The molecule has 0 amide bonds. The fourth-order valence-corrected chi connectivity index (χ4v) is 0.332. The molecule has 0 radical (unpaired) electrons. The molecule has 0 aromatic carbocycles. The Morgan fingerprint density at radius 1 is 1.86 bits per heavy atom. The number of aromatic nitrogens is 4. The number of nitrogens with zero attached hydrogens (tertiary/aromatic N) is 3. The van der Waals surface area contributed by atoms with E-state index in [1.165, 1.54) is 4.09 Å². The van der Waals surface area contributed by atoms with Crippen LogP contribution in [0.4, 0.5) is 0 Å². The first-order valence-electron chi connectivity index (χ1n) is 1.79. The lowest BCUT2D eigenvalue weighted by Crippen LogP contribution is -2.25. The van der Waals surface area contributed by atoms with Crippen LogP contribution in [0.5, 0.6) is 0 Å². The van der Waals surface area contributed by atoms with Crippen LogP contribution < -0.4 is 4.09 Å². The normalized spacial score (nSPS) is 9.43. The van der Waals surface area contributed by atoms with Crippen LogP contribution in [0.15, 0.2) is 0 Å². The molecule has 0 aliphatic carbocycles. The molecule has 0 unspecified atom stereocenters. The molecule has 4 nitrogen and oxygen atoms in total. The maximum Gasteiger partial charge on any atom is 0.308 e. The molecule has 1 aromatic heterocycles. The van der Waals surface area contributed by atoms with Crippen molar-refractivity contribution in [3.05, 3.63) is 5.82 Å². The third-order valence-corrected chi connectivity index (χ3v) is 1.02. The smallest absolute Gasteiger partial charge is 0.100 e. The summed E-state index contributed by atoms with van der Waals surface area (Å²) in [5.41, 5.74) is 0. The third-order valence-electron chi connectivity index (χ3n) is 0.641. The summed E-state index contributed by atoms with van der Waals surface area (Å²) >= 11 is 3.89. The topological polar surface area (TPSA) is 45.5 Å². The van der Waals surface area contributed by atoms with E-state index in [1.807, 2.05) is 0 Å². The van der Waals surface area contributed by atoms with Crippen molar-refractivity contribution in [2.24, 2.45) is 0 Å². The molecule has 0 bridgehead atoms. The van der Waals surface area contributed by atoms with E-state index in [4.69, 9.17) is 0 Å². The molecule has 0 atom stereocenters. The van der Waals surface area contributed by atoms with Crippen LogP contribution in [0.3, 0.4) is 0 Å². The fourth-order valence-electron chi connectivity index (χ4n) is 0.252. The molecule has 38 valence electrons. The van der Waals surface area contributed by atoms with Crippen LogP contribution in [0, 0.1) is 6.92 Å². The van der Waals surface area contributed by atoms with Gasteiger partial charge in [0.25, 0.3) is 0 Å². The third kappa shape index (κ3) is 0.714. The number of nitrogens with one attached hydrogen (secondary N) is 1. The van der Waals surface area contributed by atoms with E-state index in [0.29, 0.717) is 0 Å². The molecule has 0 aliphatic rings. The Labute approximate surface area is 46.1 Å². The second-order valence-corrected chi connectivity index (χ2v) is 1.56. The van der Waals surface area contributed by atoms with Crippen molar-refractivity contribution < 1.29 is 4.09 Å². The van der Waals surface area contributed by atoms with Crippen LogP contribution in [0.25, 0.3) is 0 Å². The van der Waals surface area contributed by atoms with Crippen LogP contribution in [0.1, 0.15) is 5.82 Å². The summed E-state index contributed by atoms with van der Waals surface area (Å²) in [5, 5.41) is 9.52. The van der Waals surface area contributed by atoms with Gasteiger partial charge in [-0.2, -0.15) is 0 Å². The van der Waals surface area contributed by atoms with Gasteiger partial charge in [0.15, 0.2) is 5.21 Å². The van der Waals surface area contributed by atoms with Gasteiger partial charge in [-0.25, -0.2) is 0 Å². The zero-order valence-corrected chi connectivity index (χ0v) is 4.68. The van der Waals surface area contributed by atoms with Crippen molar-refractivity contribution in [2.45, 2.75) is 6.92 Å². The van der Waals surface area contributed by atoms with Gasteiger partial charge in [-0.15, -0.1) is 4.09 Å². The summed E-state index contributed by atoms with van der Waals surface area (Å²) in [7, 11) is 0. The van der Waals surface area contributed by atoms with Gasteiger partial charge in [-0.05, 0) is 0 Å². The summed E-state index contributed by atoms with van der Waals surface area (Å²) < 4.78 is 1.43. The Kier molecular flexibility index (Phi) is 0.976. The summed E-state index contributed by atoms with van der Waals surface area (Å²) in [5.74, 6) is 0.753. The molecule has 7 heavy (non-hydrogen) atoms. The van der Waals surface area contributed by atoms with Crippen LogP contribution in [-0.4, -0.2) is 15.5 Å². The second-order valence-electron chi connectivity index (χ2n) is 1.16. The van der Waals surface area contributed by atoms with E-state index in [9.17, 15) is 0 Å². The lowest BCUT2D eigenvalue weighted by atomic mass is 10.8. The Morgan fingerprint density at radius 2 is 2.57 bits per heavy atom. The average molecular weight is 117 g/mol. The molecule has 0 fully saturated rings. The van der Waals surface area contributed by atoms with Crippen LogP contribution in [-0.2, 0) is 0 Å². The Morgan fingerprint density at radius 3 is 2.71 bits per heavy atom. The monoisotopic (exact) mass is 117 g/mol. The molecule has 0 saturated carbocycles. The lowest BCUT2D eigenvalue weighted by Gasteiger charge is -1.71. The van der Waals surface area contributed by atoms with Gasteiger partial charge in [0.05, 0.1) is 0 Å². The van der Waals surface area contributed by atoms with Gasteiger partial charge in [-0.1, -0.05) is 5.21 Å². The van der Waals surface area contributed by atoms with Crippen molar-refractivity contribution in [3.8, 4) is 0 Å². The number of aromatic amines is 1. The van der Waals surface area contributed by atoms with Crippen molar-refractivity contribution >= 4 is 12.8 Å². The molecular formula is C2H5N4S+. The standard InChI is InChI=1S/C2H4N4S/c1-2-3-4-5-6(2)7/h7H,1H3/p+1. The highest BCUT2D eigenvalue weighted by Crippen LogP contribution is 1.71. The maximum atomic E-state index is 3.89. The number of H-pyrrole nitrogens is 1. The largest absolute Gasteiger partial charge is 0.308 e. The van der Waals surface area contributed by atoms with Gasteiger partial charge < -0.3 is 0 Å². The van der Waals surface area contributed by atoms with Crippen molar-refractivity contribution in [2.75, 3.05) is 0 Å². The predicted octanol–water partition coefficient (Wildman–Crippen LogP) is -0.906. The maximum absolute atomic E-state index is 3.89. The van der Waals surface area contributed by atoms with Crippen molar-refractivity contribution in [3.63, 3.8) is 0 Å². The summed E-state index contributed by atoms with van der Waals surface area (Å²) in [6.45, 7) is 1.80. The Hall–Kier alpha value is -0.580. The summed E-state index contributed by atoms with van der Waals surface area (Å²) in [4.78, 5) is 0. The highest BCUT2D eigenvalue weighted by atomic mass is 32.1. The summed E-state index contributed by atoms with van der Waals surface area (Å²) in [6.07, 6.45) is 0. The number of aryl methyl sites for hydroxylation is 1. The van der Waals surface area contributed by atoms with E-state index in [1.54, 1.807) is 6.92 Å². The molecule has 0 aliphatic heterocycles. The molecule has 1 heterocycles. The summed E-state index contributed by atoms with van der Waals surface area (Å²) in [6, 6.07) is 0. The molecular weight excluding hydrogens is 112 g/mol. The number of hydrogen-bond donors (Lipinski definition) is 2. The number of rotatable bonds is 0. The van der Waals surface area contributed by atoms with Crippen molar-refractivity contribution in [1.29, 1.82) is 0 Å². The van der Waals surface area contributed by atoms with Gasteiger partial charge in [-0.3, -0.25) is 0 Å². The average Bonchev–Trinajstić information content (AvgIpc) is 1.91. The highest BCUT2D eigenvalue weighted by molar-refractivity contribution is 7.73. The minimum atomic E-state index is 0.753. The molecule has 5 heteroatoms. The SMILES string of the molecule is Cc1nn[nH][n+]1S. The molecule has 1 N–H and O–H groups in total. The number of thiol groups is 1. The van der Waals surface area contributed by atoms with Gasteiger partial charge in [0.2, 0.25) is 0 Å². The molecule has 0 saturated heterocycles. The molecule has 1 rings (SSSR count).